The number of nitrogens with zero attached hydrogens (tertiary/aromatic N) is 1. The van der Waals surface area contributed by atoms with Crippen molar-refractivity contribution in [2.75, 3.05) is 13.7 Å². The normalized spacial score (nSPS) is 12.3. The van der Waals surface area contributed by atoms with Crippen LogP contribution in [0.3, 0.4) is 0 Å². The lowest BCUT2D eigenvalue weighted by atomic mass is 10.1. The van der Waals surface area contributed by atoms with Gasteiger partial charge in [0.05, 0.1) is 22.6 Å². The minimum Gasteiger partial charge on any atom is -0.490 e. The summed E-state index contributed by atoms with van der Waals surface area (Å²) < 4.78 is 11.0. The van der Waals surface area contributed by atoms with E-state index in [4.69, 9.17) is 32.7 Å². The van der Waals surface area contributed by atoms with Crippen LogP contribution in [0.5, 0.6) is 5.75 Å². The molecule has 25 heavy (non-hydrogen) atoms. The highest BCUT2D eigenvalue weighted by molar-refractivity contribution is 6.31. The molecule has 7 heteroatoms. The van der Waals surface area contributed by atoms with Crippen molar-refractivity contribution in [3.05, 3.63) is 56.8 Å². The van der Waals surface area contributed by atoms with Crippen molar-refractivity contribution in [3.63, 3.8) is 0 Å². The van der Waals surface area contributed by atoms with E-state index in [-0.39, 0.29) is 11.7 Å². The molecule has 0 saturated heterocycles. The molecule has 2 aromatic carbocycles. The molecule has 3 aromatic rings. The molecule has 0 aliphatic carbocycles. The first kappa shape index (κ1) is 17.7. The Labute approximate surface area is 154 Å². The molecular formula is C18H16Cl2N2O3. The highest BCUT2D eigenvalue weighted by Gasteiger charge is 2.13. The Bertz CT molecular complexity index is 972. The molecule has 130 valence electrons. The fourth-order valence-corrected chi connectivity index (χ4v) is 2.67. The van der Waals surface area contributed by atoms with E-state index in [2.05, 4.69) is 9.97 Å². The lowest BCUT2D eigenvalue weighted by Gasteiger charge is -2.15. The molecule has 0 aliphatic heterocycles. The maximum Gasteiger partial charge on any atom is 0.259 e. The average Bonchev–Trinajstić information content (AvgIpc) is 2.60. The average molecular weight is 379 g/mol. The molecule has 0 fully saturated rings. The lowest BCUT2D eigenvalue weighted by molar-refractivity contribution is 0.0718. The molecule has 1 unspecified atom stereocenters. The number of benzene rings is 2. The van der Waals surface area contributed by atoms with Gasteiger partial charge in [0.15, 0.2) is 0 Å². The van der Waals surface area contributed by atoms with Crippen molar-refractivity contribution in [3.8, 4) is 17.1 Å². The molecule has 0 radical (unpaired) electrons. The van der Waals surface area contributed by atoms with Gasteiger partial charge in [-0.2, -0.15) is 0 Å². The van der Waals surface area contributed by atoms with E-state index in [0.717, 1.165) is 0 Å². The maximum atomic E-state index is 12.4. The van der Waals surface area contributed by atoms with Crippen LogP contribution in [0.2, 0.25) is 10.0 Å². The van der Waals surface area contributed by atoms with Gasteiger partial charge in [-0.15, -0.1) is 0 Å². The lowest BCUT2D eigenvalue weighted by Crippen LogP contribution is -2.16. The minimum absolute atomic E-state index is 0.0747. The second-order valence-electron chi connectivity index (χ2n) is 5.57. The molecule has 1 N–H and O–H groups in total. The fourth-order valence-electron chi connectivity index (χ4n) is 2.33. The Balaban J connectivity index is 2.09. The van der Waals surface area contributed by atoms with Crippen LogP contribution >= 0.6 is 23.2 Å². The van der Waals surface area contributed by atoms with Crippen LogP contribution in [0.4, 0.5) is 0 Å². The molecule has 1 heterocycles. The van der Waals surface area contributed by atoms with E-state index in [9.17, 15) is 4.79 Å². The summed E-state index contributed by atoms with van der Waals surface area (Å²) in [5.74, 6) is 0.937. The number of halogens is 2. The summed E-state index contributed by atoms with van der Waals surface area (Å²) in [6.07, 6.45) is -0.0747. The maximum absolute atomic E-state index is 12.4. The van der Waals surface area contributed by atoms with Gasteiger partial charge in [-0.1, -0.05) is 23.2 Å². The van der Waals surface area contributed by atoms with Gasteiger partial charge in [0.1, 0.15) is 18.2 Å². The van der Waals surface area contributed by atoms with Gasteiger partial charge >= 0.3 is 0 Å². The summed E-state index contributed by atoms with van der Waals surface area (Å²) in [5.41, 5.74) is 0.864. The van der Waals surface area contributed by atoms with Gasteiger partial charge in [-0.25, -0.2) is 4.98 Å². The van der Waals surface area contributed by atoms with Crippen LogP contribution in [0, 0.1) is 0 Å². The van der Waals surface area contributed by atoms with Crippen molar-refractivity contribution in [2.24, 2.45) is 0 Å². The largest absolute Gasteiger partial charge is 0.490 e. The molecular weight excluding hydrogens is 363 g/mol. The Morgan fingerprint density at radius 3 is 2.64 bits per heavy atom. The Hall–Kier alpha value is -2.08. The standard InChI is InChI=1S/C18H16Cl2N2O3/c1-10(24-2)9-25-16-6-4-12(20)8-14(16)17-21-15-5-3-11(19)7-13(15)18(23)22-17/h3-8,10H,9H2,1-2H3,(H,21,22,23). The smallest absolute Gasteiger partial charge is 0.259 e. The molecule has 0 amide bonds. The van der Waals surface area contributed by atoms with Gasteiger partial charge in [-0.3, -0.25) is 4.79 Å². The Morgan fingerprint density at radius 2 is 1.88 bits per heavy atom. The number of fused-ring (bicyclic) bond motifs is 1. The van der Waals surface area contributed by atoms with Gasteiger partial charge < -0.3 is 14.5 Å². The van der Waals surface area contributed by atoms with Gasteiger partial charge in [0.2, 0.25) is 0 Å². The summed E-state index contributed by atoms with van der Waals surface area (Å²) >= 11 is 12.1. The Morgan fingerprint density at radius 1 is 1.16 bits per heavy atom. The zero-order valence-electron chi connectivity index (χ0n) is 13.7. The molecule has 1 atom stereocenters. The monoisotopic (exact) mass is 378 g/mol. The SMILES string of the molecule is COC(C)COc1ccc(Cl)cc1-c1nc2ccc(Cl)cc2c(=O)[nH]1. The second kappa shape index (κ2) is 7.44. The van der Waals surface area contributed by atoms with Gasteiger partial charge in [0.25, 0.3) is 5.56 Å². The molecule has 1 aromatic heterocycles. The van der Waals surface area contributed by atoms with E-state index in [1.54, 1.807) is 43.5 Å². The predicted octanol–water partition coefficient (Wildman–Crippen LogP) is 4.31. The van der Waals surface area contributed by atoms with Crippen LogP contribution in [-0.2, 0) is 4.74 Å². The number of nitrogens with one attached hydrogen (secondary N) is 1. The third-order valence-electron chi connectivity index (χ3n) is 3.74. The van der Waals surface area contributed by atoms with Crippen LogP contribution in [0.15, 0.2) is 41.2 Å². The molecule has 0 aliphatic rings. The number of H-pyrrole nitrogens is 1. The molecule has 5 nitrogen and oxygen atoms in total. The third kappa shape index (κ3) is 3.95. The van der Waals surface area contributed by atoms with Crippen LogP contribution in [0.25, 0.3) is 22.3 Å². The summed E-state index contributed by atoms with van der Waals surface area (Å²) in [5, 5.41) is 1.42. The quantitative estimate of drug-likeness (QED) is 0.718. The Kier molecular flexibility index (Phi) is 5.27. The number of rotatable bonds is 5. The number of aromatic amines is 1. The van der Waals surface area contributed by atoms with Crippen LogP contribution in [-0.4, -0.2) is 29.8 Å². The molecule has 3 rings (SSSR count). The zero-order chi connectivity index (χ0) is 18.0. The number of hydrogen-bond acceptors (Lipinski definition) is 4. The van der Waals surface area contributed by atoms with Gasteiger partial charge in [-0.05, 0) is 43.3 Å². The highest BCUT2D eigenvalue weighted by atomic mass is 35.5. The van der Waals surface area contributed by atoms with E-state index < -0.39 is 0 Å². The summed E-state index contributed by atoms with van der Waals surface area (Å²) in [6.45, 7) is 2.26. The topological polar surface area (TPSA) is 64.2 Å². The van der Waals surface area contributed by atoms with Crippen molar-refractivity contribution < 1.29 is 9.47 Å². The highest BCUT2D eigenvalue weighted by Crippen LogP contribution is 2.31. The first-order valence-electron chi connectivity index (χ1n) is 7.63. The number of aromatic nitrogens is 2. The summed E-state index contributed by atoms with van der Waals surface area (Å²) in [7, 11) is 1.62. The number of methoxy groups -OCH3 is 1. The fraction of sp³-hybridized carbons (Fsp3) is 0.222. The van der Waals surface area contributed by atoms with Crippen LogP contribution < -0.4 is 10.3 Å². The van der Waals surface area contributed by atoms with Crippen molar-refractivity contribution in [1.29, 1.82) is 0 Å². The number of hydrogen-bond donors (Lipinski definition) is 1. The minimum atomic E-state index is -0.279. The first-order chi connectivity index (χ1) is 12.0. The first-order valence-corrected chi connectivity index (χ1v) is 8.38. The van der Waals surface area contributed by atoms with Crippen molar-refractivity contribution >= 4 is 34.1 Å². The summed E-state index contributed by atoms with van der Waals surface area (Å²) in [4.78, 5) is 19.7. The second-order valence-corrected chi connectivity index (χ2v) is 6.45. The summed E-state index contributed by atoms with van der Waals surface area (Å²) in [6, 6.07) is 10.1. The van der Waals surface area contributed by atoms with E-state index in [1.165, 1.54) is 0 Å². The predicted molar refractivity (Wildman–Crippen MR) is 99.8 cm³/mol. The van der Waals surface area contributed by atoms with Crippen LogP contribution in [0.1, 0.15) is 6.92 Å². The molecule has 0 spiro atoms. The zero-order valence-corrected chi connectivity index (χ0v) is 15.2. The van der Waals surface area contributed by atoms with Crippen molar-refractivity contribution in [2.45, 2.75) is 13.0 Å². The molecule has 0 saturated carbocycles. The van der Waals surface area contributed by atoms with E-state index in [0.29, 0.717) is 44.7 Å². The van der Waals surface area contributed by atoms with E-state index >= 15 is 0 Å². The third-order valence-corrected chi connectivity index (χ3v) is 4.21. The molecule has 0 bridgehead atoms. The van der Waals surface area contributed by atoms with E-state index in [1.807, 2.05) is 6.92 Å². The van der Waals surface area contributed by atoms with Gasteiger partial charge in [0, 0.05) is 17.2 Å². The van der Waals surface area contributed by atoms with Crippen molar-refractivity contribution in [1.82, 2.24) is 9.97 Å². The number of ether oxygens (including phenoxy) is 2.